The molecule has 1 aromatic carbocycles. The summed E-state index contributed by atoms with van der Waals surface area (Å²) in [6.07, 6.45) is -6.30. The van der Waals surface area contributed by atoms with E-state index in [2.05, 4.69) is 26.2 Å². The number of fused-ring (bicyclic) bond motifs is 1. The van der Waals surface area contributed by atoms with Crippen molar-refractivity contribution < 1.29 is 74.2 Å². The SMILES string of the molecule is CC(=O)N[C@H]1[C@H]([C@H](O)[C@H](O)CO)O[C@](Oc2c[nH]c3ccc(Br)c(Cl)c23)(C(=O)[O-])C[C@@H]1O.[Na+]. The average Bonchev–Trinajstić information content (AvgIpc) is 3.14. The number of halogens is 2. The van der Waals surface area contributed by atoms with Gasteiger partial charge in [0.05, 0.1) is 34.7 Å². The number of carbonyl (C=O) groups excluding carboxylic acids is 2. The van der Waals surface area contributed by atoms with Crippen LogP contribution in [0.3, 0.4) is 0 Å². The number of hydrogen-bond acceptors (Lipinski definition) is 9. The number of carbonyl (C=O) groups is 2. The quantitative estimate of drug-likeness (QED) is 0.183. The number of nitrogens with one attached hydrogen (secondary N) is 2. The summed E-state index contributed by atoms with van der Waals surface area (Å²) in [5.74, 6) is -5.16. The molecule has 1 saturated heterocycles. The molecule has 1 aliphatic rings. The number of ether oxygens (including phenoxy) is 2. The molecule has 1 amide bonds. The van der Waals surface area contributed by atoms with Gasteiger partial charge in [-0.05, 0) is 28.1 Å². The number of aliphatic hydroxyl groups excluding tert-OH is 4. The standard InChI is InChI=1S/C19H22BrClN2O9.Na/c1-7(25)23-15-10(26)4-19(18(29)30,32-17(15)16(28)11(27)6-24)31-12-5-22-9-3-2-8(20)14(21)13(9)12;/h2-3,5,10-11,15-17,22,24,26-28H,4,6H2,1H3,(H,23,25)(H,29,30);/q;+1/p-1/t10-,11+,15+,16+,17+,19-;/m0./s1. The van der Waals surface area contributed by atoms with E-state index in [4.69, 9.17) is 21.1 Å². The fourth-order valence-corrected chi connectivity index (χ4v) is 4.20. The first-order valence-electron chi connectivity index (χ1n) is 9.46. The van der Waals surface area contributed by atoms with Crippen molar-refractivity contribution in [1.29, 1.82) is 0 Å². The Hall–Kier alpha value is -0.930. The van der Waals surface area contributed by atoms with E-state index in [0.717, 1.165) is 6.92 Å². The van der Waals surface area contributed by atoms with E-state index in [1.54, 1.807) is 12.1 Å². The maximum Gasteiger partial charge on any atom is 1.00 e. The molecule has 11 nitrogen and oxygen atoms in total. The van der Waals surface area contributed by atoms with Gasteiger partial charge in [-0.15, -0.1) is 0 Å². The van der Waals surface area contributed by atoms with E-state index in [9.17, 15) is 35.1 Å². The molecule has 176 valence electrons. The molecular weight excluding hydrogens is 539 g/mol. The number of amides is 1. The Morgan fingerprint density at radius 2 is 2.12 bits per heavy atom. The minimum atomic E-state index is -2.63. The second-order valence-electron chi connectivity index (χ2n) is 7.40. The number of aromatic nitrogens is 1. The van der Waals surface area contributed by atoms with Crippen molar-refractivity contribution in [1.82, 2.24) is 10.3 Å². The minimum absolute atomic E-state index is 0. The molecule has 1 aromatic heterocycles. The van der Waals surface area contributed by atoms with Crippen molar-refractivity contribution in [3.8, 4) is 5.75 Å². The van der Waals surface area contributed by atoms with Gasteiger partial charge < -0.3 is 50.1 Å². The molecule has 6 N–H and O–H groups in total. The Morgan fingerprint density at radius 3 is 2.70 bits per heavy atom. The molecule has 0 saturated carbocycles. The van der Waals surface area contributed by atoms with Crippen LogP contribution in [-0.2, 0) is 14.3 Å². The van der Waals surface area contributed by atoms with Crippen molar-refractivity contribution >= 4 is 50.3 Å². The molecule has 6 atom stereocenters. The smallest absolute Gasteiger partial charge is 0.543 e. The second kappa shape index (κ2) is 11.2. The summed E-state index contributed by atoms with van der Waals surface area (Å²) in [6.45, 7) is 0.247. The molecule has 14 heteroatoms. The molecule has 0 aliphatic carbocycles. The van der Waals surface area contributed by atoms with E-state index < -0.39 is 61.1 Å². The molecule has 1 fully saturated rings. The third-order valence-electron chi connectivity index (χ3n) is 5.15. The van der Waals surface area contributed by atoms with Crippen molar-refractivity contribution in [3.63, 3.8) is 0 Å². The molecule has 3 rings (SSSR count). The van der Waals surface area contributed by atoms with Crippen LogP contribution >= 0.6 is 27.5 Å². The Morgan fingerprint density at radius 1 is 1.45 bits per heavy atom. The van der Waals surface area contributed by atoms with Crippen LogP contribution in [0.25, 0.3) is 10.9 Å². The molecule has 2 heterocycles. The molecule has 0 radical (unpaired) electrons. The molecular formula is C19H21BrClN2NaO9. The number of hydrogen-bond donors (Lipinski definition) is 6. The summed E-state index contributed by atoms with van der Waals surface area (Å²) < 4.78 is 11.7. The van der Waals surface area contributed by atoms with Crippen molar-refractivity contribution in [2.75, 3.05) is 6.61 Å². The summed E-state index contributed by atoms with van der Waals surface area (Å²) >= 11 is 9.58. The summed E-state index contributed by atoms with van der Waals surface area (Å²) in [4.78, 5) is 26.6. The number of aliphatic hydroxyl groups is 4. The van der Waals surface area contributed by atoms with Crippen LogP contribution in [0.1, 0.15) is 13.3 Å². The zero-order valence-corrected chi connectivity index (χ0v) is 22.0. The largest absolute Gasteiger partial charge is 1.00 e. The first-order valence-corrected chi connectivity index (χ1v) is 10.6. The van der Waals surface area contributed by atoms with E-state index in [1.165, 1.54) is 6.20 Å². The van der Waals surface area contributed by atoms with Crippen molar-refractivity contribution in [3.05, 3.63) is 27.8 Å². The van der Waals surface area contributed by atoms with Gasteiger partial charge in [-0.25, -0.2) is 0 Å². The fraction of sp³-hybridized carbons (Fsp3) is 0.474. The van der Waals surface area contributed by atoms with E-state index in [0.29, 0.717) is 15.4 Å². The minimum Gasteiger partial charge on any atom is -0.543 e. The molecule has 0 unspecified atom stereocenters. The summed E-state index contributed by atoms with van der Waals surface area (Å²) in [7, 11) is 0. The predicted molar refractivity (Wildman–Crippen MR) is 112 cm³/mol. The Labute approximate surface area is 223 Å². The molecule has 2 aromatic rings. The zero-order valence-electron chi connectivity index (χ0n) is 17.6. The summed E-state index contributed by atoms with van der Waals surface area (Å²) in [5.41, 5.74) is 0.515. The first-order chi connectivity index (χ1) is 15.0. The predicted octanol–water partition coefficient (Wildman–Crippen LogP) is -4.22. The van der Waals surface area contributed by atoms with Gasteiger partial charge in [0.25, 0.3) is 5.79 Å². The van der Waals surface area contributed by atoms with Gasteiger partial charge in [0.15, 0.2) is 0 Å². The third kappa shape index (κ3) is 5.67. The van der Waals surface area contributed by atoms with Crippen LogP contribution < -0.4 is 44.7 Å². The number of aliphatic carboxylic acids is 1. The van der Waals surface area contributed by atoms with Gasteiger partial charge >= 0.3 is 29.6 Å². The molecule has 0 bridgehead atoms. The average molecular weight is 560 g/mol. The number of benzene rings is 1. The second-order valence-corrected chi connectivity index (χ2v) is 8.63. The number of carboxylic acid groups (broad SMARTS) is 1. The number of aromatic amines is 1. The van der Waals surface area contributed by atoms with Gasteiger partial charge in [0.2, 0.25) is 5.91 Å². The third-order valence-corrected chi connectivity index (χ3v) is 6.43. The normalized spacial score (nSPS) is 26.8. The monoisotopic (exact) mass is 558 g/mol. The van der Waals surface area contributed by atoms with Gasteiger partial charge in [0.1, 0.15) is 30.0 Å². The summed E-state index contributed by atoms with van der Waals surface area (Å²) in [6, 6.07) is 2.01. The van der Waals surface area contributed by atoms with Crippen LogP contribution in [0.5, 0.6) is 5.75 Å². The number of rotatable bonds is 7. The van der Waals surface area contributed by atoms with Crippen LogP contribution in [0.15, 0.2) is 22.8 Å². The van der Waals surface area contributed by atoms with Crippen LogP contribution in [-0.4, -0.2) is 80.1 Å². The molecule has 33 heavy (non-hydrogen) atoms. The number of carboxylic acids is 1. The number of H-pyrrole nitrogens is 1. The summed E-state index contributed by atoms with van der Waals surface area (Å²) in [5, 5.41) is 55.2. The maximum absolute atomic E-state index is 12.2. The maximum atomic E-state index is 12.2. The zero-order chi connectivity index (χ0) is 23.8. The van der Waals surface area contributed by atoms with Gasteiger partial charge in [-0.2, -0.15) is 0 Å². The van der Waals surface area contributed by atoms with Crippen molar-refractivity contribution in [2.24, 2.45) is 0 Å². The van der Waals surface area contributed by atoms with E-state index in [1.807, 2.05) is 0 Å². The van der Waals surface area contributed by atoms with Gasteiger partial charge in [0, 0.05) is 24.0 Å². The Balaban J connectivity index is 0.00000385. The van der Waals surface area contributed by atoms with Crippen molar-refractivity contribution in [2.45, 2.75) is 49.6 Å². The van der Waals surface area contributed by atoms with Gasteiger partial charge in [-0.3, -0.25) is 4.79 Å². The van der Waals surface area contributed by atoms with Crippen LogP contribution in [0, 0.1) is 0 Å². The Bertz CT molecular complexity index is 1020. The Kier molecular flexibility index (Phi) is 9.61. The van der Waals surface area contributed by atoms with Crippen LogP contribution in [0.4, 0.5) is 0 Å². The molecule has 1 aliphatic heterocycles. The van der Waals surface area contributed by atoms with E-state index in [-0.39, 0.29) is 40.3 Å². The topological polar surface area (TPSA) is 184 Å². The van der Waals surface area contributed by atoms with Crippen LogP contribution in [0.2, 0.25) is 5.02 Å². The van der Waals surface area contributed by atoms with Gasteiger partial charge in [-0.1, -0.05) is 11.6 Å². The first kappa shape index (κ1) is 28.3. The molecule has 0 spiro atoms. The fourth-order valence-electron chi connectivity index (χ4n) is 3.61. The van der Waals surface area contributed by atoms with E-state index >= 15 is 0 Å².